The van der Waals surface area contributed by atoms with E-state index in [2.05, 4.69) is 10.3 Å². The molecule has 0 spiro atoms. The summed E-state index contributed by atoms with van der Waals surface area (Å²) in [7, 11) is 0. The average Bonchev–Trinajstić information content (AvgIpc) is 3.14. The number of nitrogens with zero attached hydrogens (tertiary/aromatic N) is 1. The molecule has 2 aromatic rings. The second kappa shape index (κ2) is 6.12. The van der Waals surface area contributed by atoms with Gasteiger partial charge in [0.05, 0.1) is 6.34 Å². The van der Waals surface area contributed by atoms with Gasteiger partial charge in [-0.05, 0) is 12.1 Å². The largest absolute Gasteiger partial charge is 0.356 e. The van der Waals surface area contributed by atoms with Gasteiger partial charge in [-0.25, -0.2) is 8.78 Å². The maximum absolute atomic E-state index is 14.5. The molecule has 25 heavy (non-hydrogen) atoms. The van der Waals surface area contributed by atoms with Crippen LogP contribution in [-0.4, -0.2) is 17.4 Å². The minimum atomic E-state index is -0.985. The van der Waals surface area contributed by atoms with E-state index in [-0.39, 0.29) is 11.6 Å². The second-order valence-corrected chi connectivity index (χ2v) is 6.89. The fourth-order valence-corrected chi connectivity index (χ4v) is 3.70. The fourth-order valence-electron chi connectivity index (χ4n) is 3.27. The summed E-state index contributed by atoms with van der Waals surface area (Å²) < 4.78 is 33.8. The minimum absolute atomic E-state index is 0.281. The molecule has 0 radical (unpaired) electrons. The van der Waals surface area contributed by atoms with E-state index in [0.717, 1.165) is 11.6 Å². The predicted octanol–water partition coefficient (Wildman–Crippen LogP) is 4.30. The maximum atomic E-state index is 14.5. The van der Waals surface area contributed by atoms with E-state index in [0.29, 0.717) is 16.4 Å². The zero-order valence-corrected chi connectivity index (χ0v) is 14.5. The summed E-state index contributed by atoms with van der Waals surface area (Å²) in [6, 6.07) is 10.4. The van der Waals surface area contributed by atoms with E-state index in [4.69, 9.17) is 28.6 Å². The third-order valence-corrected chi connectivity index (χ3v) is 5.26. The lowest BCUT2D eigenvalue weighted by Gasteiger charge is -2.18. The van der Waals surface area contributed by atoms with Crippen molar-refractivity contribution < 1.29 is 13.5 Å². The third-order valence-electron chi connectivity index (χ3n) is 4.53. The molecule has 1 N–H and O–H groups in total. The minimum Gasteiger partial charge on any atom is -0.356 e. The van der Waals surface area contributed by atoms with Crippen molar-refractivity contribution in [3.63, 3.8) is 0 Å². The number of halogens is 3. The lowest BCUT2D eigenvalue weighted by atomic mass is 9.86. The SMILES string of the molecule is Fc1ccc(C2(CC3N=CNC3=S)OC2c2ccccc2Cl)c(F)c1. The summed E-state index contributed by atoms with van der Waals surface area (Å²) in [6.45, 7) is 0. The number of ether oxygens (including phenoxy) is 1. The van der Waals surface area contributed by atoms with Crippen molar-refractivity contribution in [3.05, 3.63) is 70.2 Å². The molecule has 1 fully saturated rings. The normalized spacial score (nSPS) is 27.4. The summed E-state index contributed by atoms with van der Waals surface area (Å²) >= 11 is 11.5. The van der Waals surface area contributed by atoms with Crippen molar-refractivity contribution in [2.75, 3.05) is 0 Å². The second-order valence-electron chi connectivity index (χ2n) is 6.04. The van der Waals surface area contributed by atoms with Crippen LogP contribution >= 0.6 is 23.8 Å². The summed E-state index contributed by atoms with van der Waals surface area (Å²) in [5, 5.41) is 3.40. The first kappa shape index (κ1) is 16.6. The number of epoxide rings is 1. The summed E-state index contributed by atoms with van der Waals surface area (Å²) in [5.41, 5.74) is 0.0541. The molecule has 2 aromatic carbocycles. The average molecular weight is 379 g/mol. The van der Waals surface area contributed by atoms with Gasteiger partial charge < -0.3 is 10.1 Å². The zero-order valence-electron chi connectivity index (χ0n) is 12.9. The molecular weight excluding hydrogens is 366 g/mol. The van der Waals surface area contributed by atoms with Gasteiger partial charge in [0.1, 0.15) is 34.4 Å². The van der Waals surface area contributed by atoms with Crippen molar-refractivity contribution in [3.8, 4) is 0 Å². The van der Waals surface area contributed by atoms with Gasteiger partial charge in [-0.15, -0.1) is 0 Å². The van der Waals surface area contributed by atoms with Crippen LogP contribution in [0.15, 0.2) is 47.5 Å². The van der Waals surface area contributed by atoms with Gasteiger partial charge in [-0.1, -0.05) is 48.1 Å². The first-order valence-electron chi connectivity index (χ1n) is 7.71. The van der Waals surface area contributed by atoms with Crippen LogP contribution in [0.5, 0.6) is 0 Å². The molecule has 128 valence electrons. The smallest absolute Gasteiger partial charge is 0.132 e. The van der Waals surface area contributed by atoms with Gasteiger partial charge in [0.25, 0.3) is 0 Å². The van der Waals surface area contributed by atoms with Crippen LogP contribution < -0.4 is 5.32 Å². The lowest BCUT2D eigenvalue weighted by molar-refractivity contribution is 0.274. The molecule has 0 aromatic heterocycles. The molecule has 7 heteroatoms. The van der Waals surface area contributed by atoms with Crippen LogP contribution in [0.25, 0.3) is 0 Å². The molecule has 0 saturated carbocycles. The third kappa shape index (κ3) is 2.84. The van der Waals surface area contributed by atoms with Crippen molar-refractivity contribution in [1.29, 1.82) is 0 Å². The Morgan fingerprint density at radius 3 is 2.72 bits per heavy atom. The Hall–Kier alpha value is -1.89. The van der Waals surface area contributed by atoms with E-state index in [1.165, 1.54) is 18.5 Å². The van der Waals surface area contributed by atoms with E-state index >= 15 is 0 Å². The molecule has 2 aliphatic heterocycles. The highest BCUT2D eigenvalue weighted by Crippen LogP contribution is 2.61. The maximum Gasteiger partial charge on any atom is 0.132 e. The van der Waals surface area contributed by atoms with E-state index in [9.17, 15) is 8.78 Å². The topological polar surface area (TPSA) is 36.9 Å². The Balaban J connectivity index is 1.76. The van der Waals surface area contributed by atoms with Crippen molar-refractivity contribution >= 4 is 35.1 Å². The van der Waals surface area contributed by atoms with Gasteiger partial charge in [0.2, 0.25) is 0 Å². The van der Waals surface area contributed by atoms with Gasteiger partial charge in [0, 0.05) is 28.6 Å². The van der Waals surface area contributed by atoms with E-state index in [1.807, 2.05) is 18.2 Å². The molecule has 4 rings (SSSR count). The highest BCUT2D eigenvalue weighted by Gasteiger charge is 2.61. The number of hydrogen-bond donors (Lipinski definition) is 1. The number of nitrogens with one attached hydrogen (secondary N) is 1. The molecule has 0 bridgehead atoms. The van der Waals surface area contributed by atoms with Crippen LogP contribution in [0, 0.1) is 11.6 Å². The van der Waals surface area contributed by atoms with Gasteiger partial charge in [-0.3, -0.25) is 4.99 Å². The Morgan fingerprint density at radius 2 is 2.04 bits per heavy atom. The van der Waals surface area contributed by atoms with Crippen LogP contribution in [0.2, 0.25) is 5.02 Å². The Morgan fingerprint density at radius 1 is 1.24 bits per heavy atom. The monoisotopic (exact) mass is 378 g/mol. The number of aliphatic imine (C=N–C) groups is 1. The number of hydrogen-bond acceptors (Lipinski definition) is 3. The molecule has 3 unspecified atom stereocenters. The van der Waals surface area contributed by atoms with Crippen molar-refractivity contribution in [2.24, 2.45) is 4.99 Å². The molecule has 2 aliphatic rings. The first-order chi connectivity index (χ1) is 12.0. The van der Waals surface area contributed by atoms with Gasteiger partial charge >= 0.3 is 0 Å². The van der Waals surface area contributed by atoms with Gasteiger partial charge in [0.15, 0.2) is 0 Å². The molecule has 0 amide bonds. The highest BCUT2D eigenvalue weighted by molar-refractivity contribution is 7.80. The van der Waals surface area contributed by atoms with Crippen molar-refractivity contribution in [1.82, 2.24) is 5.32 Å². The Bertz CT molecular complexity index is 891. The number of thiocarbonyl (C=S) groups is 1. The standard InChI is InChI=1S/C18H13ClF2N2OS/c19-13-4-2-1-3-11(13)16-18(24-16,8-15-17(25)23-9-22-15)12-6-5-10(20)7-14(12)21/h1-7,9,15-16H,8H2,(H,22,23,25). The van der Waals surface area contributed by atoms with Crippen LogP contribution in [0.1, 0.15) is 23.7 Å². The molecule has 3 nitrogen and oxygen atoms in total. The number of rotatable bonds is 4. The molecule has 2 heterocycles. The van der Waals surface area contributed by atoms with Crippen LogP contribution in [0.4, 0.5) is 8.78 Å². The zero-order chi connectivity index (χ0) is 17.6. The van der Waals surface area contributed by atoms with Gasteiger partial charge in [-0.2, -0.15) is 0 Å². The molecule has 3 atom stereocenters. The predicted molar refractivity (Wildman–Crippen MR) is 95.9 cm³/mol. The summed E-state index contributed by atoms with van der Waals surface area (Å²) in [6.07, 6.45) is 1.42. The summed E-state index contributed by atoms with van der Waals surface area (Å²) in [4.78, 5) is 4.83. The van der Waals surface area contributed by atoms with Crippen molar-refractivity contribution in [2.45, 2.75) is 24.2 Å². The van der Waals surface area contributed by atoms with E-state index < -0.39 is 23.3 Å². The molecule has 0 aliphatic carbocycles. The molecule has 1 saturated heterocycles. The Kier molecular flexibility index (Phi) is 4.06. The van der Waals surface area contributed by atoms with Crippen LogP contribution in [0.3, 0.4) is 0 Å². The summed E-state index contributed by atoms with van der Waals surface area (Å²) in [5.74, 6) is -1.29. The fraction of sp³-hybridized carbons (Fsp3) is 0.222. The van der Waals surface area contributed by atoms with Crippen LogP contribution in [-0.2, 0) is 10.3 Å². The Labute approximate surface area is 153 Å². The first-order valence-corrected chi connectivity index (χ1v) is 8.50. The lowest BCUT2D eigenvalue weighted by Crippen LogP contribution is -2.28. The molecular formula is C18H13ClF2N2OS. The van der Waals surface area contributed by atoms with E-state index in [1.54, 1.807) is 6.07 Å². The quantitative estimate of drug-likeness (QED) is 0.636. The number of benzene rings is 2. The highest BCUT2D eigenvalue weighted by atomic mass is 35.5.